The Balaban J connectivity index is 1.57. The van der Waals surface area contributed by atoms with Crippen molar-refractivity contribution in [2.75, 3.05) is 13.1 Å². The summed E-state index contributed by atoms with van der Waals surface area (Å²) in [5, 5.41) is 0. The van der Waals surface area contributed by atoms with Gasteiger partial charge in [-0.2, -0.15) is 0 Å². The predicted octanol–water partition coefficient (Wildman–Crippen LogP) is 3.91. The molecule has 1 aromatic heterocycles. The highest BCUT2D eigenvalue weighted by atomic mass is 19.1. The number of halogens is 1. The van der Waals surface area contributed by atoms with Crippen LogP contribution in [0.1, 0.15) is 46.1 Å². The van der Waals surface area contributed by atoms with Gasteiger partial charge >= 0.3 is 5.91 Å². The molecule has 3 rings (SSSR count). The third-order valence-corrected chi connectivity index (χ3v) is 4.89. The molecule has 0 saturated heterocycles. The maximum absolute atomic E-state index is 13.0. The van der Waals surface area contributed by atoms with Gasteiger partial charge in [0.25, 0.3) is 5.91 Å². The number of carbonyl (C=O) groups excluding carboxylic acids is 2. The summed E-state index contributed by atoms with van der Waals surface area (Å²) in [6.07, 6.45) is 0. The molecule has 0 saturated carbocycles. The quantitative estimate of drug-likeness (QED) is 0.494. The van der Waals surface area contributed by atoms with Crippen LogP contribution in [-0.2, 0) is 13.2 Å². The molecule has 0 fully saturated rings. The number of hydrogen-bond acceptors (Lipinski definition) is 5. The lowest BCUT2D eigenvalue weighted by Gasteiger charge is -2.15. The molecule has 0 aliphatic carbocycles. The number of para-hydroxylation sites is 1. The Morgan fingerprint density at radius 2 is 1.62 bits per heavy atom. The average molecular weight is 439 g/mol. The predicted molar refractivity (Wildman–Crippen MR) is 117 cm³/mol. The van der Waals surface area contributed by atoms with Gasteiger partial charge in [0.2, 0.25) is 0 Å². The number of hydrazine groups is 1. The summed E-state index contributed by atoms with van der Waals surface area (Å²) in [7, 11) is 0. The van der Waals surface area contributed by atoms with Gasteiger partial charge in [-0.25, -0.2) is 4.39 Å². The SMILES string of the molecule is CCN(CC)Cc1ccc(C(=O)NNC(=O)c2ccccc2OCc2ccc(F)cc2)o1. The van der Waals surface area contributed by atoms with Crippen LogP contribution in [0.25, 0.3) is 0 Å². The third kappa shape index (κ3) is 6.18. The normalized spacial score (nSPS) is 10.8. The van der Waals surface area contributed by atoms with Crippen LogP contribution in [0, 0.1) is 5.82 Å². The molecule has 3 aromatic rings. The highest BCUT2D eigenvalue weighted by molar-refractivity contribution is 5.99. The first-order valence-corrected chi connectivity index (χ1v) is 10.4. The fourth-order valence-corrected chi connectivity index (χ4v) is 3.02. The van der Waals surface area contributed by atoms with Gasteiger partial charge in [0.05, 0.1) is 12.1 Å². The lowest BCUT2D eigenvalue weighted by atomic mass is 10.2. The monoisotopic (exact) mass is 439 g/mol. The highest BCUT2D eigenvalue weighted by Crippen LogP contribution is 2.19. The Morgan fingerprint density at radius 3 is 2.34 bits per heavy atom. The lowest BCUT2D eigenvalue weighted by Crippen LogP contribution is -2.41. The van der Waals surface area contributed by atoms with Gasteiger partial charge in [-0.3, -0.25) is 25.3 Å². The molecular weight excluding hydrogens is 413 g/mol. The molecule has 0 radical (unpaired) electrons. The second kappa shape index (κ2) is 11.1. The van der Waals surface area contributed by atoms with Crippen LogP contribution in [0.3, 0.4) is 0 Å². The molecule has 1 heterocycles. The van der Waals surface area contributed by atoms with E-state index in [-0.39, 0.29) is 23.7 Å². The zero-order valence-corrected chi connectivity index (χ0v) is 18.1. The molecule has 0 spiro atoms. The fourth-order valence-electron chi connectivity index (χ4n) is 3.02. The Bertz CT molecular complexity index is 1050. The molecule has 2 aromatic carbocycles. The van der Waals surface area contributed by atoms with Crippen molar-refractivity contribution in [1.29, 1.82) is 0 Å². The second-order valence-corrected chi connectivity index (χ2v) is 7.05. The van der Waals surface area contributed by atoms with Crippen molar-refractivity contribution in [3.05, 3.63) is 89.1 Å². The van der Waals surface area contributed by atoms with E-state index in [1.54, 1.807) is 48.5 Å². The van der Waals surface area contributed by atoms with Gasteiger partial charge in [0.1, 0.15) is 23.9 Å². The van der Waals surface area contributed by atoms with Crippen molar-refractivity contribution in [2.45, 2.75) is 27.0 Å². The van der Waals surface area contributed by atoms with E-state index in [1.165, 1.54) is 12.1 Å². The number of nitrogens with zero attached hydrogens (tertiary/aromatic N) is 1. The van der Waals surface area contributed by atoms with E-state index in [4.69, 9.17) is 9.15 Å². The molecule has 168 valence electrons. The summed E-state index contributed by atoms with van der Waals surface area (Å²) in [6.45, 7) is 6.62. The van der Waals surface area contributed by atoms with Crippen molar-refractivity contribution in [1.82, 2.24) is 15.8 Å². The average Bonchev–Trinajstić information content (AvgIpc) is 3.29. The highest BCUT2D eigenvalue weighted by Gasteiger charge is 2.16. The third-order valence-electron chi connectivity index (χ3n) is 4.89. The minimum atomic E-state index is -0.561. The van der Waals surface area contributed by atoms with Crippen LogP contribution in [0.15, 0.2) is 65.1 Å². The summed E-state index contributed by atoms with van der Waals surface area (Å²) in [5.74, 6) is -0.320. The summed E-state index contributed by atoms with van der Waals surface area (Å²) in [4.78, 5) is 27.1. The van der Waals surface area contributed by atoms with Crippen molar-refractivity contribution >= 4 is 11.8 Å². The Morgan fingerprint density at radius 1 is 0.938 bits per heavy atom. The van der Waals surface area contributed by atoms with Gasteiger partial charge in [-0.15, -0.1) is 0 Å². The molecule has 7 nitrogen and oxygen atoms in total. The Kier molecular flexibility index (Phi) is 7.99. The summed E-state index contributed by atoms with van der Waals surface area (Å²) in [6, 6.07) is 15.9. The number of hydrogen-bond donors (Lipinski definition) is 2. The van der Waals surface area contributed by atoms with Gasteiger partial charge in [0, 0.05) is 0 Å². The zero-order chi connectivity index (χ0) is 22.9. The summed E-state index contributed by atoms with van der Waals surface area (Å²) < 4.78 is 24.3. The van der Waals surface area contributed by atoms with Crippen LogP contribution in [0.4, 0.5) is 4.39 Å². The van der Waals surface area contributed by atoms with Gasteiger partial charge in [0.15, 0.2) is 5.76 Å². The second-order valence-electron chi connectivity index (χ2n) is 7.05. The number of ether oxygens (including phenoxy) is 1. The van der Waals surface area contributed by atoms with E-state index >= 15 is 0 Å². The van der Waals surface area contributed by atoms with Crippen LogP contribution in [0.2, 0.25) is 0 Å². The van der Waals surface area contributed by atoms with Crippen molar-refractivity contribution in [3.63, 3.8) is 0 Å². The van der Waals surface area contributed by atoms with E-state index in [0.717, 1.165) is 18.7 Å². The Labute approximate surface area is 186 Å². The van der Waals surface area contributed by atoms with E-state index in [2.05, 4.69) is 29.6 Å². The minimum Gasteiger partial charge on any atom is -0.488 e. The molecule has 8 heteroatoms. The van der Waals surface area contributed by atoms with E-state index in [0.29, 0.717) is 18.1 Å². The number of amides is 2. The summed E-state index contributed by atoms with van der Waals surface area (Å²) >= 11 is 0. The lowest BCUT2D eigenvalue weighted by molar-refractivity contribution is 0.0826. The molecule has 0 aliphatic heterocycles. The van der Waals surface area contributed by atoms with Crippen LogP contribution in [-0.4, -0.2) is 29.8 Å². The molecule has 0 unspecified atom stereocenters. The fraction of sp³-hybridized carbons (Fsp3) is 0.250. The minimum absolute atomic E-state index is 0.105. The van der Waals surface area contributed by atoms with Gasteiger partial charge in [-0.05, 0) is 55.1 Å². The molecule has 0 atom stereocenters. The topological polar surface area (TPSA) is 83.8 Å². The standard InChI is InChI=1S/C24H26FN3O4/c1-3-28(4-2)15-19-13-14-22(32-19)24(30)27-26-23(29)20-7-5-6-8-21(20)31-16-17-9-11-18(25)12-10-17/h5-14H,3-4,15-16H2,1-2H3,(H,26,29)(H,27,30). The van der Waals surface area contributed by atoms with Crippen LogP contribution in [0.5, 0.6) is 5.75 Å². The molecule has 0 bridgehead atoms. The zero-order valence-electron chi connectivity index (χ0n) is 18.1. The van der Waals surface area contributed by atoms with Crippen molar-refractivity contribution in [2.24, 2.45) is 0 Å². The Hall–Kier alpha value is -3.65. The number of carbonyl (C=O) groups is 2. The molecule has 0 aliphatic rings. The van der Waals surface area contributed by atoms with Crippen molar-refractivity contribution < 1.29 is 23.1 Å². The molecular formula is C24H26FN3O4. The van der Waals surface area contributed by atoms with E-state index in [1.807, 2.05) is 0 Å². The molecule has 2 N–H and O–H groups in total. The summed E-state index contributed by atoms with van der Waals surface area (Å²) in [5.41, 5.74) is 5.74. The van der Waals surface area contributed by atoms with E-state index < -0.39 is 11.8 Å². The van der Waals surface area contributed by atoms with Gasteiger partial charge < -0.3 is 9.15 Å². The first-order chi connectivity index (χ1) is 15.5. The number of benzene rings is 2. The smallest absolute Gasteiger partial charge is 0.305 e. The van der Waals surface area contributed by atoms with Crippen LogP contribution < -0.4 is 15.6 Å². The largest absolute Gasteiger partial charge is 0.488 e. The van der Waals surface area contributed by atoms with Crippen molar-refractivity contribution in [3.8, 4) is 5.75 Å². The molecule has 32 heavy (non-hydrogen) atoms. The van der Waals surface area contributed by atoms with Crippen LogP contribution >= 0.6 is 0 Å². The maximum atomic E-state index is 13.0. The maximum Gasteiger partial charge on any atom is 0.305 e. The first kappa shape index (κ1) is 23.0. The number of furan rings is 1. The molecule has 2 amide bonds. The van der Waals surface area contributed by atoms with Gasteiger partial charge in [-0.1, -0.05) is 38.1 Å². The van der Waals surface area contributed by atoms with E-state index in [9.17, 15) is 14.0 Å². The number of rotatable bonds is 9. The number of nitrogens with one attached hydrogen (secondary N) is 2. The first-order valence-electron chi connectivity index (χ1n) is 10.4.